The highest BCUT2D eigenvalue weighted by Gasteiger charge is 2.41. The Bertz CT molecular complexity index is 1740. The van der Waals surface area contributed by atoms with Gasteiger partial charge in [0, 0.05) is 38.7 Å². The molecule has 0 atom stereocenters. The monoisotopic (exact) mass is 486 g/mol. The second kappa shape index (κ2) is 8.49. The molecule has 37 heavy (non-hydrogen) atoms. The summed E-state index contributed by atoms with van der Waals surface area (Å²) in [5.74, 6) is -0.919. The molecule has 5 nitrogen and oxygen atoms in total. The van der Waals surface area contributed by atoms with Crippen LogP contribution in [-0.4, -0.2) is 28.0 Å². The highest BCUT2D eigenvalue weighted by atomic mass is 16.4. The number of rotatable bonds is 5. The van der Waals surface area contributed by atoms with Gasteiger partial charge in [0.2, 0.25) is 0 Å². The average molecular weight is 487 g/mol. The van der Waals surface area contributed by atoms with Gasteiger partial charge in [-0.3, -0.25) is 9.59 Å². The molecule has 1 aromatic heterocycles. The first kappa shape index (κ1) is 22.8. The van der Waals surface area contributed by atoms with Crippen LogP contribution in [0.1, 0.15) is 35.3 Å². The van der Waals surface area contributed by atoms with Gasteiger partial charge < -0.3 is 15.0 Å². The zero-order chi connectivity index (χ0) is 25.7. The number of anilines is 1. The molecular weight excluding hydrogens is 460 g/mol. The summed E-state index contributed by atoms with van der Waals surface area (Å²) in [6, 6.07) is 30.5. The van der Waals surface area contributed by atoms with Gasteiger partial charge in [-0.25, -0.2) is 0 Å². The van der Waals surface area contributed by atoms with Crippen LogP contribution in [0.25, 0.3) is 33.6 Å². The molecule has 1 heterocycles. The van der Waals surface area contributed by atoms with Gasteiger partial charge in [0.05, 0.1) is 11.0 Å². The Morgan fingerprint density at radius 1 is 0.892 bits per heavy atom. The average Bonchev–Trinajstić information content (AvgIpc) is 3.32. The minimum Gasteiger partial charge on any atom is -0.480 e. The molecular formula is C32H26N2O3. The second-order valence-corrected chi connectivity index (χ2v) is 9.98. The van der Waals surface area contributed by atoms with Crippen molar-refractivity contribution in [3.8, 4) is 5.69 Å². The third-order valence-electron chi connectivity index (χ3n) is 7.32. The van der Waals surface area contributed by atoms with E-state index in [4.69, 9.17) is 5.11 Å². The summed E-state index contributed by atoms with van der Waals surface area (Å²) in [4.78, 5) is 24.4. The Morgan fingerprint density at radius 2 is 1.62 bits per heavy atom. The van der Waals surface area contributed by atoms with Crippen LogP contribution >= 0.6 is 0 Å². The SMILES string of the molecule is CC1(C)C(=Cc2ccc3c(c2)c2ccccc2n3-c2ccccc2)C(=O)c2ccc(NCC(=O)O)cc21. The fraction of sp³-hybridized carbons (Fsp3) is 0.125. The van der Waals surface area contributed by atoms with Crippen LogP contribution < -0.4 is 5.32 Å². The van der Waals surface area contributed by atoms with Crippen LogP contribution in [-0.2, 0) is 10.2 Å². The Hall–Kier alpha value is -4.64. The van der Waals surface area contributed by atoms with Crippen molar-refractivity contribution in [1.82, 2.24) is 4.57 Å². The molecule has 5 heteroatoms. The number of hydrogen-bond donors (Lipinski definition) is 2. The molecule has 1 aliphatic rings. The van der Waals surface area contributed by atoms with E-state index in [9.17, 15) is 9.59 Å². The number of para-hydroxylation sites is 2. The predicted molar refractivity (Wildman–Crippen MR) is 149 cm³/mol. The van der Waals surface area contributed by atoms with Gasteiger partial charge in [0.15, 0.2) is 5.78 Å². The van der Waals surface area contributed by atoms with Crippen molar-refractivity contribution in [2.24, 2.45) is 0 Å². The number of Topliss-reactive ketones (excluding diaryl/α,β-unsaturated/α-hetero) is 1. The molecule has 0 amide bonds. The number of nitrogens with one attached hydrogen (secondary N) is 1. The number of hydrogen-bond acceptors (Lipinski definition) is 3. The molecule has 6 rings (SSSR count). The van der Waals surface area contributed by atoms with Gasteiger partial charge in [-0.05, 0) is 65.7 Å². The van der Waals surface area contributed by atoms with E-state index in [1.54, 1.807) is 12.1 Å². The number of benzene rings is 4. The van der Waals surface area contributed by atoms with E-state index in [2.05, 4.69) is 64.5 Å². The minimum absolute atomic E-state index is 0.0107. The van der Waals surface area contributed by atoms with Crippen LogP contribution in [0.2, 0.25) is 0 Å². The van der Waals surface area contributed by atoms with Crippen molar-refractivity contribution in [2.45, 2.75) is 19.3 Å². The molecule has 1 aliphatic carbocycles. The highest BCUT2D eigenvalue weighted by Crippen LogP contribution is 2.44. The standard InChI is InChI=1S/C32H26N2O3/c1-32(2)26-18-21(33-19-30(35)36)13-14-24(26)31(37)27(32)17-20-12-15-29-25(16-20)23-10-6-7-11-28(23)34(29)22-8-4-3-5-9-22/h3-18,33H,19H2,1-2H3,(H,35,36). The Balaban J connectivity index is 1.46. The Morgan fingerprint density at radius 3 is 2.41 bits per heavy atom. The number of carboxylic acid groups (broad SMARTS) is 1. The summed E-state index contributed by atoms with van der Waals surface area (Å²) >= 11 is 0. The van der Waals surface area contributed by atoms with Gasteiger partial charge in [-0.1, -0.05) is 56.3 Å². The van der Waals surface area contributed by atoms with E-state index >= 15 is 0 Å². The first-order valence-corrected chi connectivity index (χ1v) is 12.3. The second-order valence-electron chi connectivity index (χ2n) is 9.98. The van der Waals surface area contributed by atoms with Crippen molar-refractivity contribution >= 4 is 45.3 Å². The highest BCUT2D eigenvalue weighted by molar-refractivity contribution is 6.18. The van der Waals surface area contributed by atoms with Crippen LogP contribution in [0.15, 0.2) is 96.6 Å². The summed E-state index contributed by atoms with van der Waals surface area (Å²) in [5, 5.41) is 14.2. The Kier molecular flexibility index (Phi) is 5.23. The number of carboxylic acids is 1. The van der Waals surface area contributed by atoms with Crippen molar-refractivity contribution in [3.05, 3.63) is 113 Å². The molecule has 0 saturated carbocycles. The number of aliphatic carboxylic acids is 1. The molecule has 182 valence electrons. The zero-order valence-electron chi connectivity index (χ0n) is 20.7. The third-order valence-corrected chi connectivity index (χ3v) is 7.32. The lowest BCUT2D eigenvalue weighted by Crippen LogP contribution is -2.17. The van der Waals surface area contributed by atoms with Crippen molar-refractivity contribution in [2.75, 3.05) is 11.9 Å². The van der Waals surface area contributed by atoms with Crippen molar-refractivity contribution < 1.29 is 14.7 Å². The molecule has 4 aromatic carbocycles. The van der Waals surface area contributed by atoms with Crippen LogP contribution in [0, 0.1) is 0 Å². The summed E-state index contributed by atoms with van der Waals surface area (Å²) < 4.78 is 2.27. The van der Waals surface area contributed by atoms with Crippen LogP contribution in [0.4, 0.5) is 5.69 Å². The minimum atomic E-state index is -0.930. The smallest absolute Gasteiger partial charge is 0.322 e. The van der Waals surface area contributed by atoms with E-state index < -0.39 is 11.4 Å². The lowest BCUT2D eigenvalue weighted by molar-refractivity contribution is -0.134. The summed E-state index contributed by atoms with van der Waals surface area (Å²) in [5.41, 5.74) is 6.80. The van der Waals surface area contributed by atoms with Gasteiger partial charge in [-0.2, -0.15) is 0 Å². The number of fused-ring (bicyclic) bond motifs is 4. The Labute approximate surface area is 214 Å². The maximum atomic E-state index is 13.5. The number of allylic oxidation sites excluding steroid dienone is 1. The van der Waals surface area contributed by atoms with E-state index in [1.807, 2.05) is 44.2 Å². The molecule has 5 aromatic rings. The lowest BCUT2D eigenvalue weighted by Gasteiger charge is -2.21. The van der Waals surface area contributed by atoms with E-state index in [-0.39, 0.29) is 12.3 Å². The topological polar surface area (TPSA) is 71.3 Å². The normalized spacial score (nSPS) is 15.4. The number of aromatic nitrogens is 1. The molecule has 0 aliphatic heterocycles. The third kappa shape index (κ3) is 3.71. The number of carbonyl (C=O) groups excluding carboxylic acids is 1. The molecule has 0 bridgehead atoms. The van der Waals surface area contributed by atoms with Crippen LogP contribution in [0.5, 0.6) is 0 Å². The maximum Gasteiger partial charge on any atom is 0.322 e. The molecule has 0 fully saturated rings. The molecule has 0 saturated heterocycles. The van der Waals surface area contributed by atoms with Crippen molar-refractivity contribution in [3.63, 3.8) is 0 Å². The summed E-state index contributed by atoms with van der Waals surface area (Å²) in [6.07, 6.45) is 2.00. The lowest BCUT2D eigenvalue weighted by atomic mass is 9.81. The van der Waals surface area contributed by atoms with E-state index in [0.717, 1.165) is 44.2 Å². The summed E-state index contributed by atoms with van der Waals surface area (Å²) in [6.45, 7) is 3.92. The first-order valence-electron chi connectivity index (χ1n) is 12.3. The van der Waals surface area contributed by atoms with Crippen LogP contribution in [0.3, 0.4) is 0 Å². The number of nitrogens with zero attached hydrogens (tertiary/aromatic N) is 1. The zero-order valence-corrected chi connectivity index (χ0v) is 20.7. The fourth-order valence-electron chi connectivity index (χ4n) is 5.47. The van der Waals surface area contributed by atoms with Gasteiger partial charge in [0.25, 0.3) is 0 Å². The largest absolute Gasteiger partial charge is 0.480 e. The quantitative estimate of drug-likeness (QED) is 0.267. The maximum absolute atomic E-state index is 13.5. The molecule has 0 radical (unpaired) electrons. The number of carbonyl (C=O) groups is 2. The molecule has 2 N–H and O–H groups in total. The summed E-state index contributed by atoms with van der Waals surface area (Å²) in [7, 11) is 0. The van der Waals surface area contributed by atoms with Gasteiger partial charge in [0.1, 0.15) is 6.54 Å². The van der Waals surface area contributed by atoms with E-state index in [0.29, 0.717) is 11.3 Å². The predicted octanol–water partition coefficient (Wildman–Crippen LogP) is 6.84. The van der Waals surface area contributed by atoms with Gasteiger partial charge in [-0.15, -0.1) is 0 Å². The fourth-order valence-corrected chi connectivity index (χ4v) is 5.47. The number of ketones is 1. The van der Waals surface area contributed by atoms with Gasteiger partial charge >= 0.3 is 5.97 Å². The molecule has 0 spiro atoms. The molecule has 0 unspecified atom stereocenters. The van der Waals surface area contributed by atoms with E-state index in [1.165, 1.54) is 0 Å². The first-order chi connectivity index (χ1) is 17.8. The van der Waals surface area contributed by atoms with Crippen molar-refractivity contribution in [1.29, 1.82) is 0 Å².